The summed E-state index contributed by atoms with van der Waals surface area (Å²) < 4.78 is 0. The van der Waals surface area contributed by atoms with E-state index >= 15 is 0 Å². The highest BCUT2D eigenvalue weighted by Crippen LogP contribution is 2.19. The van der Waals surface area contributed by atoms with E-state index in [1.54, 1.807) is 0 Å². The molecule has 1 aliphatic rings. The van der Waals surface area contributed by atoms with Gasteiger partial charge in [0.25, 0.3) is 5.91 Å². The Bertz CT molecular complexity index is 827. The minimum absolute atomic E-state index is 0.110. The van der Waals surface area contributed by atoms with E-state index in [2.05, 4.69) is 14.9 Å². The van der Waals surface area contributed by atoms with Crippen molar-refractivity contribution in [2.24, 2.45) is 0 Å². The molecule has 2 aromatic carbocycles. The normalized spacial score (nSPS) is 15.0. The molecule has 122 valence electrons. The molecular formula is C19H20N4O. The van der Waals surface area contributed by atoms with Crippen LogP contribution in [0.5, 0.6) is 0 Å². The van der Waals surface area contributed by atoms with Gasteiger partial charge in [-0.3, -0.25) is 4.79 Å². The molecule has 1 aromatic heterocycles. The molecule has 1 aliphatic heterocycles. The van der Waals surface area contributed by atoms with E-state index in [0.29, 0.717) is 13.1 Å². The molecule has 2 heterocycles. The van der Waals surface area contributed by atoms with Crippen molar-refractivity contribution in [1.29, 1.82) is 0 Å². The van der Waals surface area contributed by atoms with Crippen LogP contribution in [0.3, 0.4) is 0 Å². The van der Waals surface area contributed by atoms with Crippen LogP contribution in [-0.2, 0) is 0 Å². The van der Waals surface area contributed by atoms with Gasteiger partial charge in [-0.25, -0.2) is 4.98 Å². The van der Waals surface area contributed by atoms with Gasteiger partial charge in [-0.05, 0) is 31.2 Å². The van der Waals surface area contributed by atoms with Crippen LogP contribution in [-0.4, -0.2) is 47.0 Å². The number of amides is 1. The SMILES string of the molecule is Cc1ccc(C(=O)N2CCN(c3nc4ccccc4[nH]3)CC2)cc1. The highest BCUT2D eigenvalue weighted by molar-refractivity contribution is 5.94. The van der Waals surface area contributed by atoms with Gasteiger partial charge in [0.05, 0.1) is 11.0 Å². The van der Waals surface area contributed by atoms with Crippen molar-refractivity contribution < 1.29 is 4.79 Å². The number of carbonyl (C=O) groups excluding carboxylic acids is 1. The number of rotatable bonds is 2. The van der Waals surface area contributed by atoms with Gasteiger partial charge in [-0.1, -0.05) is 29.8 Å². The average Bonchev–Trinajstić information content (AvgIpc) is 3.06. The van der Waals surface area contributed by atoms with Crippen molar-refractivity contribution in [3.05, 3.63) is 59.7 Å². The van der Waals surface area contributed by atoms with Crippen molar-refractivity contribution in [3.8, 4) is 0 Å². The van der Waals surface area contributed by atoms with E-state index in [4.69, 9.17) is 0 Å². The number of para-hydroxylation sites is 2. The molecule has 0 spiro atoms. The standard InChI is InChI=1S/C19H20N4O/c1-14-6-8-15(9-7-14)18(24)22-10-12-23(13-11-22)19-20-16-4-2-3-5-17(16)21-19/h2-9H,10-13H2,1H3,(H,20,21). The Morgan fingerprint density at radius 3 is 2.42 bits per heavy atom. The van der Waals surface area contributed by atoms with E-state index in [1.165, 1.54) is 5.56 Å². The third kappa shape index (κ3) is 2.73. The van der Waals surface area contributed by atoms with E-state index in [0.717, 1.165) is 35.6 Å². The van der Waals surface area contributed by atoms with Gasteiger partial charge in [0.15, 0.2) is 0 Å². The van der Waals surface area contributed by atoms with Crippen LogP contribution in [0.15, 0.2) is 48.5 Å². The van der Waals surface area contributed by atoms with E-state index < -0.39 is 0 Å². The molecule has 1 amide bonds. The number of H-pyrrole nitrogens is 1. The first kappa shape index (κ1) is 14.8. The van der Waals surface area contributed by atoms with Crippen LogP contribution >= 0.6 is 0 Å². The van der Waals surface area contributed by atoms with Gasteiger partial charge < -0.3 is 14.8 Å². The van der Waals surface area contributed by atoms with Gasteiger partial charge in [0, 0.05) is 31.7 Å². The Labute approximate surface area is 140 Å². The maximum Gasteiger partial charge on any atom is 0.253 e. The molecule has 0 unspecified atom stereocenters. The van der Waals surface area contributed by atoms with E-state index in [1.807, 2.05) is 60.4 Å². The first-order valence-corrected chi connectivity index (χ1v) is 8.26. The lowest BCUT2D eigenvalue weighted by atomic mass is 10.1. The largest absolute Gasteiger partial charge is 0.339 e. The minimum atomic E-state index is 0.110. The molecule has 0 radical (unpaired) electrons. The molecule has 1 saturated heterocycles. The van der Waals surface area contributed by atoms with Gasteiger partial charge in [0.2, 0.25) is 5.95 Å². The zero-order valence-electron chi connectivity index (χ0n) is 13.7. The number of nitrogens with one attached hydrogen (secondary N) is 1. The summed E-state index contributed by atoms with van der Waals surface area (Å²) in [4.78, 5) is 24.7. The smallest absolute Gasteiger partial charge is 0.253 e. The lowest BCUT2D eigenvalue weighted by molar-refractivity contribution is 0.0746. The zero-order chi connectivity index (χ0) is 16.5. The fourth-order valence-corrected chi connectivity index (χ4v) is 3.09. The summed E-state index contributed by atoms with van der Waals surface area (Å²) in [6.45, 7) is 5.03. The van der Waals surface area contributed by atoms with Gasteiger partial charge in [-0.2, -0.15) is 0 Å². The number of aromatic nitrogens is 2. The highest BCUT2D eigenvalue weighted by atomic mass is 16.2. The number of hydrogen-bond acceptors (Lipinski definition) is 3. The van der Waals surface area contributed by atoms with Crippen LogP contribution in [0.25, 0.3) is 11.0 Å². The lowest BCUT2D eigenvalue weighted by Gasteiger charge is -2.34. The summed E-state index contributed by atoms with van der Waals surface area (Å²) in [5, 5.41) is 0. The summed E-state index contributed by atoms with van der Waals surface area (Å²) in [6.07, 6.45) is 0. The topological polar surface area (TPSA) is 52.2 Å². The van der Waals surface area contributed by atoms with Crippen LogP contribution in [0.2, 0.25) is 0 Å². The second kappa shape index (κ2) is 6.00. The van der Waals surface area contributed by atoms with Crippen molar-refractivity contribution >= 4 is 22.9 Å². The van der Waals surface area contributed by atoms with Crippen molar-refractivity contribution in [2.45, 2.75) is 6.92 Å². The predicted octanol–water partition coefficient (Wildman–Crippen LogP) is 2.83. The minimum Gasteiger partial charge on any atom is -0.339 e. The second-order valence-electron chi connectivity index (χ2n) is 6.22. The van der Waals surface area contributed by atoms with Crippen LogP contribution in [0.1, 0.15) is 15.9 Å². The maximum atomic E-state index is 12.6. The fourth-order valence-electron chi connectivity index (χ4n) is 3.09. The number of aryl methyl sites for hydroxylation is 1. The molecule has 0 saturated carbocycles. The van der Waals surface area contributed by atoms with Gasteiger partial charge in [-0.15, -0.1) is 0 Å². The first-order chi connectivity index (χ1) is 11.7. The van der Waals surface area contributed by atoms with Crippen LogP contribution < -0.4 is 4.90 Å². The fraction of sp³-hybridized carbons (Fsp3) is 0.263. The van der Waals surface area contributed by atoms with Crippen LogP contribution in [0, 0.1) is 6.92 Å². The molecule has 4 rings (SSSR count). The summed E-state index contributed by atoms with van der Waals surface area (Å²) in [6, 6.07) is 15.8. The van der Waals surface area contributed by atoms with Crippen molar-refractivity contribution in [1.82, 2.24) is 14.9 Å². The zero-order valence-corrected chi connectivity index (χ0v) is 13.7. The Kier molecular flexibility index (Phi) is 3.69. The summed E-state index contributed by atoms with van der Waals surface area (Å²) >= 11 is 0. The van der Waals surface area contributed by atoms with Gasteiger partial charge >= 0.3 is 0 Å². The second-order valence-corrected chi connectivity index (χ2v) is 6.22. The summed E-state index contributed by atoms with van der Waals surface area (Å²) in [7, 11) is 0. The summed E-state index contributed by atoms with van der Waals surface area (Å²) in [5.41, 5.74) is 3.95. The monoisotopic (exact) mass is 320 g/mol. The first-order valence-electron chi connectivity index (χ1n) is 8.26. The number of benzene rings is 2. The summed E-state index contributed by atoms with van der Waals surface area (Å²) in [5.74, 6) is 0.998. The third-order valence-corrected chi connectivity index (χ3v) is 4.54. The number of aromatic amines is 1. The number of fused-ring (bicyclic) bond motifs is 1. The van der Waals surface area contributed by atoms with Crippen molar-refractivity contribution in [2.75, 3.05) is 31.1 Å². The molecule has 0 bridgehead atoms. The third-order valence-electron chi connectivity index (χ3n) is 4.54. The average molecular weight is 320 g/mol. The molecule has 5 nitrogen and oxygen atoms in total. The molecule has 0 aliphatic carbocycles. The number of hydrogen-bond donors (Lipinski definition) is 1. The molecule has 3 aromatic rings. The Hall–Kier alpha value is -2.82. The molecule has 0 atom stereocenters. The molecule has 5 heteroatoms. The Balaban J connectivity index is 1.44. The predicted molar refractivity (Wildman–Crippen MR) is 95.4 cm³/mol. The molecule has 1 fully saturated rings. The number of anilines is 1. The van der Waals surface area contributed by atoms with E-state index in [-0.39, 0.29) is 5.91 Å². The van der Waals surface area contributed by atoms with E-state index in [9.17, 15) is 4.79 Å². The highest BCUT2D eigenvalue weighted by Gasteiger charge is 2.23. The Morgan fingerprint density at radius 2 is 1.71 bits per heavy atom. The van der Waals surface area contributed by atoms with Gasteiger partial charge in [0.1, 0.15) is 0 Å². The Morgan fingerprint density at radius 1 is 1.00 bits per heavy atom. The number of nitrogens with zero attached hydrogens (tertiary/aromatic N) is 3. The molecule has 24 heavy (non-hydrogen) atoms. The van der Waals surface area contributed by atoms with Crippen molar-refractivity contribution in [3.63, 3.8) is 0 Å². The number of carbonyl (C=O) groups is 1. The quantitative estimate of drug-likeness (QED) is 0.790. The number of piperazine rings is 1. The number of imidazole rings is 1. The lowest BCUT2D eigenvalue weighted by Crippen LogP contribution is -2.49. The maximum absolute atomic E-state index is 12.6. The van der Waals surface area contributed by atoms with Crippen LogP contribution in [0.4, 0.5) is 5.95 Å². The molecule has 1 N–H and O–H groups in total. The molecular weight excluding hydrogens is 300 g/mol.